The number of sulfonamides is 1. The van der Waals surface area contributed by atoms with Crippen LogP contribution in [0.15, 0.2) is 100 Å². The smallest absolute Gasteiger partial charge is 0.265 e. The molecule has 0 spiro atoms. The molecule has 272 valence electrons. The Hall–Kier alpha value is -4.75. The summed E-state index contributed by atoms with van der Waals surface area (Å²) in [4.78, 5) is 30.3. The average molecular weight is 783 g/mol. The molecule has 51 heavy (non-hydrogen) atoms. The summed E-state index contributed by atoms with van der Waals surface area (Å²) in [5, 5.41) is 3.04. The third-order valence-corrected chi connectivity index (χ3v) is 10.6. The maximum atomic E-state index is 14.9. The van der Waals surface area contributed by atoms with Crippen molar-refractivity contribution in [3.05, 3.63) is 107 Å². The van der Waals surface area contributed by atoms with Crippen LogP contribution in [0.5, 0.6) is 23.0 Å². The van der Waals surface area contributed by atoms with Crippen molar-refractivity contribution in [2.24, 2.45) is 0 Å². The highest BCUT2D eigenvalue weighted by molar-refractivity contribution is 9.10. The fourth-order valence-corrected chi connectivity index (χ4v) is 7.32. The normalized spacial score (nSPS) is 12.3. The third-order valence-electron chi connectivity index (χ3n) is 8.39. The molecule has 0 radical (unpaired) electrons. The first-order chi connectivity index (χ1) is 24.4. The number of halogens is 1. The minimum absolute atomic E-state index is 0.0171. The standard InChI is InChI=1S/C38H44BrN3O8S/c1-7-26(2)40-38(44)33(21-27-12-9-8-10-13-27)41(24-28-14-11-15-29(39)20-28)37(43)25-42(32-22-30(47-3)16-18-34(32)48-4)51(45,46)31-17-19-35(49-5)36(23-31)50-6/h8-20,22-23,26,33H,7,21,24-25H2,1-6H3,(H,40,44). The lowest BCUT2D eigenvalue weighted by molar-refractivity contribution is -0.140. The molecule has 0 aliphatic carbocycles. The highest BCUT2D eigenvalue weighted by Crippen LogP contribution is 2.38. The Morgan fingerprint density at radius 2 is 1.45 bits per heavy atom. The van der Waals surface area contributed by atoms with Crippen molar-refractivity contribution in [3.8, 4) is 23.0 Å². The summed E-state index contributed by atoms with van der Waals surface area (Å²) in [6.07, 6.45) is 0.865. The van der Waals surface area contributed by atoms with Crippen LogP contribution >= 0.6 is 15.9 Å². The molecule has 13 heteroatoms. The zero-order valence-corrected chi connectivity index (χ0v) is 32.0. The molecule has 0 aromatic heterocycles. The lowest BCUT2D eigenvalue weighted by Gasteiger charge is -2.34. The second-order valence-electron chi connectivity index (χ2n) is 11.7. The van der Waals surface area contributed by atoms with Gasteiger partial charge in [-0.3, -0.25) is 13.9 Å². The fraction of sp³-hybridized carbons (Fsp3) is 0.316. The van der Waals surface area contributed by atoms with Crippen molar-refractivity contribution in [3.63, 3.8) is 0 Å². The Morgan fingerprint density at radius 1 is 0.784 bits per heavy atom. The van der Waals surface area contributed by atoms with Crippen molar-refractivity contribution in [1.82, 2.24) is 10.2 Å². The van der Waals surface area contributed by atoms with Gasteiger partial charge in [-0.15, -0.1) is 0 Å². The number of benzene rings is 4. The minimum atomic E-state index is -4.50. The van der Waals surface area contributed by atoms with Crippen LogP contribution in [0.25, 0.3) is 0 Å². The molecule has 0 fully saturated rings. The predicted molar refractivity (Wildman–Crippen MR) is 200 cm³/mol. The molecule has 0 saturated carbocycles. The predicted octanol–water partition coefficient (Wildman–Crippen LogP) is 6.23. The summed E-state index contributed by atoms with van der Waals surface area (Å²) in [5.41, 5.74) is 1.63. The van der Waals surface area contributed by atoms with Crippen molar-refractivity contribution in [2.75, 3.05) is 39.3 Å². The molecule has 2 atom stereocenters. The quantitative estimate of drug-likeness (QED) is 0.134. The lowest BCUT2D eigenvalue weighted by atomic mass is 10.0. The molecule has 1 N–H and O–H groups in total. The number of hydrogen-bond donors (Lipinski definition) is 1. The molecular formula is C38H44BrN3O8S. The zero-order chi connectivity index (χ0) is 37.1. The summed E-state index contributed by atoms with van der Waals surface area (Å²) < 4.78 is 52.9. The van der Waals surface area contributed by atoms with Crippen LogP contribution in [-0.4, -0.2) is 72.2 Å². The van der Waals surface area contributed by atoms with Crippen molar-refractivity contribution in [1.29, 1.82) is 0 Å². The van der Waals surface area contributed by atoms with Crippen LogP contribution in [-0.2, 0) is 32.6 Å². The highest BCUT2D eigenvalue weighted by atomic mass is 79.9. The van der Waals surface area contributed by atoms with Gasteiger partial charge in [-0.1, -0.05) is 65.3 Å². The maximum Gasteiger partial charge on any atom is 0.265 e. The van der Waals surface area contributed by atoms with Gasteiger partial charge in [-0.2, -0.15) is 0 Å². The molecule has 4 aromatic rings. The first-order valence-corrected chi connectivity index (χ1v) is 18.5. The van der Waals surface area contributed by atoms with Gasteiger partial charge in [0.2, 0.25) is 11.8 Å². The van der Waals surface area contributed by atoms with Gasteiger partial charge in [0.05, 0.1) is 39.0 Å². The second-order valence-corrected chi connectivity index (χ2v) is 14.5. The molecule has 2 amide bonds. The van der Waals surface area contributed by atoms with E-state index in [1.807, 2.05) is 68.4 Å². The van der Waals surface area contributed by atoms with E-state index in [-0.39, 0.29) is 47.0 Å². The van der Waals surface area contributed by atoms with Gasteiger partial charge in [0, 0.05) is 35.6 Å². The number of methoxy groups -OCH3 is 4. The van der Waals surface area contributed by atoms with E-state index in [0.717, 1.165) is 19.9 Å². The lowest BCUT2D eigenvalue weighted by Crippen LogP contribution is -2.54. The van der Waals surface area contributed by atoms with Crippen molar-refractivity contribution < 1.29 is 37.0 Å². The molecular weight excluding hydrogens is 738 g/mol. The molecule has 2 unspecified atom stereocenters. The van der Waals surface area contributed by atoms with E-state index >= 15 is 0 Å². The Bertz CT molecular complexity index is 1910. The highest BCUT2D eigenvalue weighted by Gasteiger charge is 2.36. The van der Waals surface area contributed by atoms with E-state index in [4.69, 9.17) is 18.9 Å². The molecule has 0 bridgehead atoms. The Balaban J connectivity index is 1.90. The molecule has 4 rings (SSSR count). The minimum Gasteiger partial charge on any atom is -0.497 e. The topological polar surface area (TPSA) is 124 Å². The van der Waals surface area contributed by atoms with E-state index in [0.29, 0.717) is 17.9 Å². The van der Waals surface area contributed by atoms with E-state index < -0.39 is 28.5 Å². The number of carbonyl (C=O) groups is 2. The summed E-state index contributed by atoms with van der Waals surface area (Å²) in [6.45, 7) is 3.18. The second kappa shape index (κ2) is 18.0. The number of carbonyl (C=O) groups excluding carboxylic acids is 2. The van der Waals surface area contributed by atoms with Crippen LogP contribution in [0, 0.1) is 0 Å². The SMILES string of the molecule is CCC(C)NC(=O)C(Cc1ccccc1)N(Cc1cccc(Br)c1)C(=O)CN(c1cc(OC)ccc1OC)S(=O)(=O)c1ccc(OC)c(OC)c1. The first kappa shape index (κ1) is 39.0. The van der Waals surface area contributed by atoms with Crippen LogP contribution < -0.4 is 28.6 Å². The number of anilines is 1. The summed E-state index contributed by atoms with van der Waals surface area (Å²) in [5.74, 6) is 0.0554. The van der Waals surface area contributed by atoms with E-state index in [9.17, 15) is 18.0 Å². The van der Waals surface area contributed by atoms with Crippen molar-refractivity contribution >= 4 is 43.5 Å². The van der Waals surface area contributed by atoms with Crippen LogP contribution in [0.1, 0.15) is 31.4 Å². The van der Waals surface area contributed by atoms with Gasteiger partial charge in [-0.05, 0) is 60.9 Å². The number of hydrogen-bond acceptors (Lipinski definition) is 8. The number of rotatable bonds is 17. The fourth-order valence-electron chi connectivity index (χ4n) is 5.44. The zero-order valence-electron chi connectivity index (χ0n) is 29.6. The summed E-state index contributed by atoms with van der Waals surface area (Å²) >= 11 is 3.51. The number of nitrogens with zero attached hydrogens (tertiary/aromatic N) is 2. The monoisotopic (exact) mass is 781 g/mol. The largest absolute Gasteiger partial charge is 0.497 e. The van der Waals surface area contributed by atoms with E-state index in [1.165, 1.54) is 57.6 Å². The third kappa shape index (κ3) is 9.73. The van der Waals surface area contributed by atoms with Gasteiger partial charge in [-0.25, -0.2) is 8.42 Å². The number of nitrogens with one attached hydrogen (secondary N) is 1. The molecule has 0 heterocycles. The number of ether oxygens (including phenoxy) is 4. The van der Waals surface area contributed by atoms with Gasteiger partial charge < -0.3 is 29.2 Å². The molecule has 0 saturated heterocycles. The summed E-state index contributed by atoms with van der Waals surface area (Å²) in [7, 11) is 1.21. The van der Waals surface area contributed by atoms with Crippen LogP contribution in [0.2, 0.25) is 0 Å². The van der Waals surface area contributed by atoms with Crippen molar-refractivity contribution in [2.45, 2.75) is 50.2 Å². The van der Waals surface area contributed by atoms with Crippen LogP contribution in [0.4, 0.5) is 5.69 Å². The van der Waals surface area contributed by atoms with E-state index in [2.05, 4.69) is 21.2 Å². The van der Waals surface area contributed by atoms with Crippen LogP contribution in [0.3, 0.4) is 0 Å². The van der Waals surface area contributed by atoms with Gasteiger partial charge in [0.15, 0.2) is 11.5 Å². The first-order valence-electron chi connectivity index (χ1n) is 16.3. The Labute approximate surface area is 308 Å². The molecule has 0 aliphatic rings. The molecule has 11 nitrogen and oxygen atoms in total. The Kier molecular flexibility index (Phi) is 13.7. The molecule has 0 aliphatic heterocycles. The maximum absolute atomic E-state index is 14.9. The van der Waals surface area contributed by atoms with E-state index in [1.54, 1.807) is 12.1 Å². The molecule has 4 aromatic carbocycles. The Morgan fingerprint density at radius 3 is 2.08 bits per heavy atom. The van der Waals surface area contributed by atoms with Gasteiger partial charge in [0.25, 0.3) is 10.0 Å². The average Bonchev–Trinajstić information content (AvgIpc) is 3.14. The van der Waals surface area contributed by atoms with Gasteiger partial charge in [0.1, 0.15) is 24.1 Å². The summed E-state index contributed by atoms with van der Waals surface area (Å²) in [6, 6.07) is 24.5. The number of amides is 2. The van der Waals surface area contributed by atoms with Gasteiger partial charge >= 0.3 is 0 Å².